The zero-order chi connectivity index (χ0) is 17.8. The van der Waals surface area contributed by atoms with E-state index >= 15 is 0 Å². The summed E-state index contributed by atoms with van der Waals surface area (Å²) in [5.74, 6) is -1.34. The van der Waals surface area contributed by atoms with Crippen LogP contribution in [0, 0.1) is 0 Å². The predicted octanol–water partition coefficient (Wildman–Crippen LogP) is 4.27. The first-order chi connectivity index (χ1) is 12.1. The molecule has 0 spiro atoms. The number of unbranched alkanes of at least 4 members (excludes halogenated alkanes) is 1. The molecule has 1 aromatic heterocycles. The van der Waals surface area contributed by atoms with Crippen molar-refractivity contribution in [2.75, 3.05) is 6.61 Å². The summed E-state index contributed by atoms with van der Waals surface area (Å²) >= 11 is 0. The van der Waals surface area contributed by atoms with E-state index < -0.39 is 5.97 Å². The van der Waals surface area contributed by atoms with Crippen molar-refractivity contribution >= 4 is 16.7 Å². The monoisotopic (exact) mass is 337 g/mol. The number of benzene rings is 2. The van der Waals surface area contributed by atoms with Crippen LogP contribution in [-0.2, 0) is 4.74 Å². The molecule has 3 aromatic rings. The normalized spacial score (nSPS) is 10.8. The standard InChI is InChI=1S/C20H19NO4/c1-2-3-11-25-20(24)17-18(22)16-12-14(13-7-5-4-6-8-13)9-10-15(16)19(23)21-17/h4-10,12,22H,2-3,11H2,1H3,(H,21,23). The highest BCUT2D eigenvalue weighted by Crippen LogP contribution is 2.36. The predicted molar refractivity (Wildman–Crippen MR) is 95.7 cm³/mol. The van der Waals surface area contributed by atoms with Crippen LogP contribution in [0.2, 0.25) is 0 Å². The largest absolute Gasteiger partial charge is 0.505 e. The van der Waals surface area contributed by atoms with Gasteiger partial charge >= 0.3 is 5.97 Å². The van der Waals surface area contributed by atoms with Gasteiger partial charge in [0, 0.05) is 10.8 Å². The Hall–Kier alpha value is -3.08. The summed E-state index contributed by atoms with van der Waals surface area (Å²) in [6.07, 6.45) is 1.61. The van der Waals surface area contributed by atoms with Gasteiger partial charge in [0.05, 0.1) is 6.61 Å². The van der Waals surface area contributed by atoms with Crippen molar-refractivity contribution in [1.82, 2.24) is 4.98 Å². The van der Waals surface area contributed by atoms with Crippen LogP contribution in [0.15, 0.2) is 48.5 Å². The summed E-state index contributed by atoms with van der Waals surface area (Å²) in [6, 6.07) is 14.9. The van der Waals surface area contributed by atoms with Gasteiger partial charge in [-0.05, 0) is 29.7 Å². The van der Waals surface area contributed by atoms with E-state index in [1.165, 1.54) is 0 Å². The molecule has 5 heteroatoms. The lowest BCUT2D eigenvalue weighted by atomic mass is 10.0. The Labute approximate surface area is 145 Å². The van der Waals surface area contributed by atoms with Crippen LogP contribution in [0.4, 0.5) is 0 Å². The smallest absolute Gasteiger partial charge is 0.360 e. The van der Waals surface area contributed by atoms with E-state index in [4.69, 9.17) is 4.74 Å². The van der Waals surface area contributed by atoms with E-state index in [9.17, 15) is 15.0 Å². The number of rotatable bonds is 5. The third kappa shape index (κ3) is 3.40. The molecule has 5 nitrogen and oxygen atoms in total. The molecule has 2 aromatic carbocycles. The summed E-state index contributed by atoms with van der Waals surface area (Å²) in [7, 11) is 0. The van der Waals surface area contributed by atoms with Gasteiger partial charge in [-0.1, -0.05) is 49.7 Å². The number of ether oxygens (including phenoxy) is 1. The second-order valence-electron chi connectivity index (χ2n) is 5.75. The van der Waals surface area contributed by atoms with Crippen LogP contribution in [0.1, 0.15) is 30.3 Å². The maximum atomic E-state index is 12.1. The van der Waals surface area contributed by atoms with Gasteiger partial charge in [-0.2, -0.15) is 0 Å². The Balaban J connectivity index is 2.06. The van der Waals surface area contributed by atoms with Crippen LogP contribution >= 0.6 is 0 Å². The van der Waals surface area contributed by atoms with Crippen molar-refractivity contribution < 1.29 is 19.7 Å². The van der Waals surface area contributed by atoms with E-state index in [2.05, 4.69) is 4.98 Å². The molecule has 0 bridgehead atoms. The highest BCUT2D eigenvalue weighted by atomic mass is 16.5. The Morgan fingerprint density at radius 3 is 2.52 bits per heavy atom. The maximum absolute atomic E-state index is 12.1. The van der Waals surface area contributed by atoms with Gasteiger partial charge in [0.25, 0.3) is 0 Å². The van der Waals surface area contributed by atoms with Crippen LogP contribution in [0.3, 0.4) is 0 Å². The zero-order valence-corrected chi connectivity index (χ0v) is 13.9. The van der Waals surface area contributed by atoms with E-state index in [1.54, 1.807) is 12.1 Å². The molecule has 0 aliphatic heterocycles. The quantitative estimate of drug-likeness (QED) is 0.537. The molecule has 2 N–H and O–H groups in total. The Morgan fingerprint density at radius 2 is 1.80 bits per heavy atom. The summed E-state index contributed by atoms with van der Waals surface area (Å²) in [4.78, 5) is 15.9. The first-order valence-corrected chi connectivity index (χ1v) is 8.20. The van der Waals surface area contributed by atoms with Crippen molar-refractivity contribution in [3.63, 3.8) is 0 Å². The van der Waals surface area contributed by atoms with Crippen molar-refractivity contribution in [2.24, 2.45) is 0 Å². The minimum Gasteiger partial charge on any atom is -0.505 e. The summed E-state index contributed by atoms with van der Waals surface area (Å²) < 4.78 is 5.10. The van der Waals surface area contributed by atoms with Crippen molar-refractivity contribution in [1.29, 1.82) is 0 Å². The van der Waals surface area contributed by atoms with Crippen LogP contribution in [0.25, 0.3) is 21.9 Å². The number of hydrogen-bond acceptors (Lipinski definition) is 5. The number of fused-ring (bicyclic) bond motifs is 1. The topological polar surface area (TPSA) is 79.7 Å². The summed E-state index contributed by atoms with van der Waals surface area (Å²) in [5.41, 5.74) is 1.55. The Kier molecular flexibility index (Phi) is 4.84. The molecule has 0 fully saturated rings. The SMILES string of the molecule is CCCCOC(=O)c1nc(O)c2ccc(-c3ccccc3)cc2c1O. The number of hydrogen-bond donors (Lipinski definition) is 2. The van der Waals surface area contributed by atoms with Gasteiger partial charge in [0.2, 0.25) is 5.88 Å². The molecule has 0 aliphatic carbocycles. The third-order valence-corrected chi connectivity index (χ3v) is 3.99. The minimum atomic E-state index is -0.742. The first-order valence-electron chi connectivity index (χ1n) is 8.20. The number of aromatic nitrogens is 1. The number of aromatic hydroxyl groups is 2. The second-order valence-corrected chi connectivity index (χ2v) is 5.75. The summed E-state index contributed by atoms with van der Waals surface area (Å²) in [6.45, 7) is 2.23. The second kappa shape index (κ2) is 7.21. The van der Waals surface area contributed by atoms with Crippen LogP contribution in [-0.4, -0.2) is 27.8 Å². The average molecular weight is 337 g/mol. The van der Waals surface area contributed by atoms with E-state index in [-0.39, 0.29) is 23.9 Å². The zero-order valence-electron chi connectivity index (χ0n) is 13.9. The van der Waals surface area contributed by atoms with Crippen LogP contribution < -0.4 is 0 Å². The lowest BCUT2D eigenvalue weighted by Gasteiger charge is -2.10. The molecule has 0 saturated heterocycles. The van der Waals surface area contributed by atoms with E-state index in [0.717, 1.165) is 24.0 Å². The molecular formula is C20H19NO4. The summed E-state index contributed by atoms with van der Waals surface area (Å²) in [5, 5.41) is 21.4. The number of esters is 1. The lowest BCUT2D eigenvalue weighted by Crippen LogP contribution is -2.09. The fourth-order valence-electron chi connectivity index (χ4n) is 2.61. The van der Waals surface area contributed by atoms with Crippen molar-refractivity contribution in [3.8, 4) is 22.8 Å². The fourth-order valence-corrected chi connectivity index (χ4v) is 2.61. The maximum Gasteiger partial charge on any atom is 0.360 e. The molecule has 0 radical (unpaired) electrons. The molecule has 3 rings (SSSR count). The molecular weight excluding hydrogens is 318 g/mol. The lowest BCUT2D eigenvalue weighted by molar-refractivity contribution is 0.0488. The molecule has 0 amide bonds. The number of carbonyl (C=O) groups excluding carboxylic acids is 1. The number of pyridine rings is 1. The highest BCUT2D eigenvalue weighted by Gasteiger charge is 2.20. The van der Waals surface area contributed by atoms with Gasteiger partial charge in [-0.3, -0.25) is 0 Å². The van der Waals surface area contributed by atoms with Gasteiger partial charge < -0.3 is 14.9 Å². The van der Waals surface area contributed by atoms with Gasteiger partial charge in [0.1, 0.15) is 0 Å². The third-order valence-electron chi connectivity index (χ3n) is 3.99. The highest BCUT2D eigenvalue weighted by molar-refractivity contribution is 6.02. The number of carbonyl (C=O) groups is 1. The molecule has 25 heavy (non-hydrogen) atoms. The van der Waals surface area contributed by atoms with E-state index in [1.807, 2.05) is 43.3 Å². The molecule has 0 saturated carbocycles. The molecule has 1 heterocycles. The fraction of sp³-hybridized carbons (Fsp3) is 0.200. The van der Waals surface area contributed by atoms with Crippen molar-refractivity contribution in [2.45, 2.75) is 19.8 Å². The van der Waals surface area contributed by atoms with Crippen molar-refractivity contribution in [3.05, 3.63) is 54.2 Å². The Morgan fingerprint density at radius 1 is 1.04 bits per heavy atom. The number of nitrogens with zero attached hydrogens (tertiary/aromatic N) is 1. The van der Waals surface area contributed by atoms with Gasteiger partial charge in [-0.25, -0.2) is 9.78 Å². The molecule has 0 atom stereocenters. The Bertz CT molecular complexity index is 906. The van der Waals surface area contributed by atoms with E-state index in [0.29, 0.717) is 10.8 Å². The van der Waals surface area contributed by atoms with Crippen LogP contribution in [0.5, 0.6) is 11.6 Å². The van der Waals surface area contributed by atoms with Gasteiger partial charge in [0.15, 0.2) is 11.4 Å². The first kappa shape index (κ1) is 16.8. The van der Waals surface area contributed by atoms with Gasteiger partial charge in [-0.15, -0.1) is 0 Å². The average Bonchev–Trinajstić information content (AvgIpc) is 2.65. The molecule has 0 aliphatic rings. The molecule has 128 valence electrons. The minimum absolute atomic E-state index is 0.249. The molecule has 0 unspecified atom stereocenters.